The maximum Gasteiger partial charge on any atom is 0.336 e. The molecule has 1 rings (SSSR count). The lowest BCUT2D eigenvalue weighted by molar-refractivity contribution is 0.0696. The lowest BCUT2D eigenvalue weighted by Crippen LogP contribution is -2.06. The van der Waals surface area contributed by atoms with E-state index in [-0.39, 0.29) is 0 Å². The minimum Gasteiger partial charge on any atom is -0.478 e. The second-order valence-electron chi connectivity index (χ2n) is 2.65. The molecule has 0 bridgehead atoms. The molecule has 1 aromatic rings. The lowest BCUT2D eigenvalue weighted by Gasteiger charge is -2.03. The summed E-state index contributed by atoms with van der Waals surface area (Å²) in [5.41, 5.74) is 1.35. The van der Waals surface area contributed by atoms with E-state index in [1.54, 1.807) is 18.2 Å². The Morgan fingerprint density at radius 1 is 1.62 bits per heavy atom. The summed E-state index contributed by atoms with van der Waals surface area (Å²) in [7, 11) is 1.85. The van der Waals surface area contributed by atoms with Crippen LogP contribution in [0.25, 0.3) is 0 Å². The first-order chi connectivity index (χ1) is 6.15. The zero-order valence-electron chi connectivity index (χ0n) is 7.17. The number of carbonyl (C=O) groups is 1. The van der Waals surface area contributed by atoms with Gasteiger partial charge in [-0.15, -0.1) is 0 Å². The number of hydrogen-bond donors (Lipinski definition) is 2. The second kappa shape index (κ2) is 4.39. The molecule has 1 aromatic carbocycles. The van der Waals surface area contributed by atoms with Crippen molar-refractivity contribution < 1.29 is 9.90 Å². The highest BCUT2D eigenvalue weighted by molar-refractivity contribution is 9.10. The predicted molar refractivity (Wildman–Crippen MR) is 53.9 cm³/mol. The third kappa shape index (κ3) is 2.54. The fourth-order valence-corrected chi connectivity index (χ4v) is 1.64. The van der Waals surface area contributed by atoms with Gasteiger partial charge in [-0.1, -0.05) is 6.07 Å². The fourth-order valence-electron chi connectivity index (χ4n) is 1.05. The predicted octanol–water partition coefficient (Wildman–Crippen LogP) is 1.87. The summed E-state index contributed by atoms with van der Waals surface area (Å²) in [4.78, 5) is 10.6. The van der Waals surface area contributed by atoms with Gasteiger partial charge in [-0.05, 0) is 40.7 Å². The van der Waals surface area contributed by atoms with Gasteiger partial charge in [-0.2, -0.15) is 0 Å². The van der Waals surface area contributed by atoms with Crippen molar-refractivity contribution in [2.24, 2.45) is 0 Å². The van der Waals surface area contributed by atoms with Gasteiger partial charge in [0, 0.05) is 11.0 Å². The highest BCUT2D eigenvalue weighted by Crippen LogP contribution is 2.18. The van der Waals surface area contributed by atoms with Crippen LogP contribution in [-0.4, -0.2) is 18.1 Å². The zero-order valence-corrected chi connectivity index (χ0v) is 8.76. The molecule has 0 aromatic heterocycles. The summed E-state index contributed by atoms with van der Waals surface area (Å²) in [6.07, 6.45) is 0. The Morgan fingerprint density at radius 3 is 2.77 bits per heavy atom. The van der Waals surface area contributed by atoms with E-state index in [1.807, 2.05) is 7.05 Å². The number of halogens is 1. The monoisotopic (exact) mass is 243 g/mol. The van der Waals surface area contributed by atoms with Crippen molar-refractivity contribution in [3.05, 3.63) is 33.8 Å². The molecule has 0 radical (unpaired) electrons. The van der Waals surface area contributed by atoms with Crippen LogP contribution in [0, 0.1) is 0 Å². The lowest BCUT2D eigenvalue weighted by atomic mass is 10.1. The standard InChI is InChI=1S/C9H10BrNO2/c1-11-5-6-2-3-7(9(12)13)8(10)4-6/h2-4,11H,5H2,1H3,(H,12,13). The van der Waals surface area contributed by atoms with Crippen molar-refractivity contribution in [2.75, 3.05) is 7.05 Å². The van der Waals surface area contributed by atoms with Crippen molar-refractivity contribution in [3.8, 4) is 0 Å². The van der Waals surface area contributed by atoms with E-state index in [2.05, 4.69) is 21.2 Å². The molecule has 0 atom stereocenters. The Kier molecular flexibility index (Phi) is 3.45. The molecule has 4 heteroatoms. The third-order valence-corrected chi connectivity index (χ3v) is 2.30. The van der Waals surface area contributed by atoms with Crippen LogP contribution in [0.1, 0.15) is 15.9 Å². The van der Waals surface area contributed by atoms with E-state index in [9.17, 15) is 4.79 Å². The minimum atomic E-state index is -0.914. The molecule has 0 spiro atoms. The number of carboxylic acids is 1. The fraction of sp³-hybridized carbons (Fsp3) is 0.222. The van der Waals surface area contributed by atoms with Gasteiger partial charge < -0.3 is 10.4 Å². The molecule has 0 aliphatic rings. The van der Waals surface area contributed by atoms with Crippen LogP contribution in [-0.2, 0) is 6.54 Å². The number of benzene rings is 1. The van der Waals surface area contributed by atoms with Crippen LogP contribution in [0.5, 0.6) is 0 Å². The van der Waals surface area contributed by atoms with Crippen LogP contribution in [0.3, 0.4) is 0 Å². The number of carboxylic acid groups (broad SMARTS) is 1. The third-order valence-electron chi connectivity index (χ3n) is 1.64. The average molecular weight is 244 g/mol. The molecular weight excluding hydrogens is 234 g/mol. The molecule has 0 aliphatic heterocycles. The van der Waals surface area contributed by atoms with E-state index in [4.69, 9.17) is 5.11 Å². The molecule has 0 saturated heterocycles. The number of rotatable bonds is 3. The first-order valence-corrected chi connectivity index (χ1v) is 4.60. The topological polar surface area (TPSA) is 49.3 Å². The molecule has 0 unspecified atom stereocenters. The molecule has 3 nitrogen and oxygen atoms in total. The zero-order chi connectivity index (χ0) is 9.84. The number of nitrogens with one attached hydrogen (secondary N) is 1. The maximum atomic E-state index is 10.6. The molecule has 0 heterocycles. The minimum absolute atomic E-state index is 0.292. The van der Waals surface area contributed by atoms with Gasteiger partial charge in [0.2, 0.25) is 0 Å². The summed E-state index contributed by atoms with van der Waals surface area (Å²) < 4.78 is 0.618. The van der Waals surface area contributed by atoms with Crippen molar-refractivity contribution in [3.63, 3.8) is 0 Å². The van der Waals surface area contributed by atoms with E-state index in [0.717, 1.165) is 12.1 Å². The summed E-state index contributed by atoms with van der Waals surface area (Å²) in [5, 5.41) is 11.7. The van der Waals surface area contributed by atoms with Crippen molar-refractivity contribution in [2.45, 2.75) is 6.54 Å². The van der Waals surface area contributed by atoms with Crippen LogP contribution in [0.4, 0.5) is 0 Å². The average Bonchev–Trinajstić information content (AvgIpc) is 2.04. The highest BCUT2D eigenvalue weighted by Gasteiger charge is 2.07. The van der Waals surface area contributed by atoms with Gasteiger partial charge in [0.15, 0.2) is 0 Å². The summed E-state index contributed by atoms with van der Waals surface area (Å²) >= 11 is 3.21. The van der Waals surface area contributed by atoms with Gasteiger partial charge in [-0.25, -0.2) is 4.79 Å². The van der Waals surface area contributed by atoms with E-state index < -0.39 is 5.97 Å². The van der Waals surface area contributed by atoms with Crippen molar-refractivity contribution >= 4 is 21.9 Å². The van der Waals surface area contributed by atoms with Crippen LogP contribution in [0.15, 0.2) is 22.7 Å². The van der Waals surface area contributed by atoms with Crippen molar-refractivity contribution in [1.82, 2.24) is 5.32 Å². The summed E-state index contributed by atoms with van der Waals surface area (Å²) in [6, 6.07) is 5.20. The quantitative estimate of drug-likeness (QED) is 0.853. The SMILES string of the molecule is CNCc1ccc(C(=O)O)c(Br)c1. The van der Waals surface area contributed by atoms with Gasteiger partial charge in [0.05, 0.1) is 5.56 Å². The largest absolute Gasteiger partial charge is 0.478 e. The molecule has 70 valence electrons. The molecule has 0 amide bonds. The number of hydrogen-bond acceptors (Lipinski definition) is 2. The van der Waals surface area contributed by atoms with E-state index >= 15 is 0 Å². The number of aromatic carboxylic acids is 1. The Hall–Kier alpha value is -0.870. The van der Waals surface area contributed by atoms with E-state index in [0.29, 0.717) is 10.0 Å². The smallest absolute Gasteiger partial charge is 0.336 e. The molecule has 13 heavy (non-hydrogen) atoms. The van der Waals surface area contributed by atoms with Gasteiger partial charge in [0.25, 0.3) is 0 Å². The van der Waals surface area contributed by atoms with Gasteiger partial charge in [-0.3, -0.25) is 0 Å². The molecular formula is C9H10BrNO2. The first kappa shape index (κ1) is 10.2. The Balaban J connectivity index is 2.98. The highest BCUT2D eigenvalue weighted by atomic mass is 79.9. The van der Waals surface area contributed by atoms with Crippen LogP contribution in [0.2, 0.25) is 0 Å². The molecule has 2 N–H and O–H groups in total. The first-order valence-electron chi connectivity index (χ1n) is 3.81. The molecule has 0 aliphatic carbocycles. The summed E-state index contributed by atoms with van der Waals surface area (Å²) in [5.74, 6) is -0.914. The van der Waals surface area contributed by atoms with Gasteiger partial charge >= 0.3 is 5.97 Å². The Morgan fingerprint density at radius 2 is 2.31 bits per heavy atom. The van der Waals surface area contributed by atoms with E-state index in [1.165, 1.54) is 0 Å². The second-order valence-corrected chi connectivity index (χ2v) is 3.50. The normalized spacial score (nSPS) is 10.0. The van der Waals surface area contributed by atoms with Gasteiger partial charge in [0.1, 0.15) is 0 Å². The Labute approximate surface area is 84.9 Å². The Bertz CT molecular complexity index is 325. The van der Waals surface area contributed by atoms with Crippen molar-refractivity contribution in [1.29, 1.82) is 0 Å². The summed E-state index contributed by atoms with van der Waals surface area (Å²) in [6.45, 7) is 0.735. The van der Waals surface area contributed by atoms with Crippen LogP contribution >= 0.6 is 15.9 Å². The molecule has 0 fully saturated rings. The maximum absolute atomic E-state index is 10.6. The molecule has 0 saturated carbocycles. The van der Waals surface area contributed by atoms with Crippen LogP contribution < -0.4 is 5.32 Å².